The number of carbonyl (C=O) groups is 1. The molecule has 1 fully saturated rings. The van der Waals surface area contributed by atoms with E-state index >= 15 is 0 Å². The van der Waals surface area contributed by atoms with Crippen molar-refractivity contribution >= 4 is 17.0 Å². The van der Waals surface area contributed by atoms with Crippen LogP contribution in [0.2, 0.25) is 0 Å². The van der Waals surface area contributed by atoms with E-state index in [1.54, 1.807) is 6.07 Å². The van der Waals surface area contributed by atoms with Gasteiger partial charge < -0.3 is 14.5 Å². The highest BCUT2D eigenvalue weighted by molar-refractivity contribution is 5.76. The number of amides is 1. The van der Waals surface area contributed by atoms with Crippen LogP contribution in [0, 0.1) is 5.92 Å². The second kappa shape index (κ2) is 9.19. The summed E-state index contributed by atoms with van der Waals surface area (Å²) in [5.74, 6) is 0.0924. The number of hydrogen-bond donors (Lipinski definition) is 1. The van der Waals surface area contributed by atoms with Crippen molar-refractivity contribution in [2.45, 2.75) is 39.3 Å². The molecule has 7 heteroatoms. The molecular weight excluding hydrogens is 346 g/mol. The average Bonchev–Trinajstić information content (AvgIpc) is 2.99. The first kappa shape index (κ1) is 19.6. The van der Waals surface area contributed by atoms with Crippen molar-refractivity contribution in [3.63, 3.8) is 0 Å². The van der Waals surface area contributed by atoms with Crippen molar-refractivity contribution in [1.82, 2.24) is 14.8 Å². The number of morpholine rings is 1. The number of carbonyl (C=O) groups excluding carboxylic acids is 1. The Balaban J connectivity index is 1.54. The molecule has 7 nitrogen and oxygen atoms in total. The Labute approximate surface area is 159 Å². The van der Waals surface area contributed by atoms with E-state index in [0.29, 0.717) is 30.6 Å². The molecule has 148 valence electrons. The summed E-state index contributed by atoms with van der Waals surface area (Å²) in [6.45, 7) is 8.65. The number of oxazole rings is 1. The minimum Gasteiger partial charge on any atom is -0.408 e. The minimum absolute atomic E-state index is 0.0470. The fourth-order valence-corrected chi connectivity index (χ4v) is 3.61. The van der Waals surface area contributed by atoms with Crippen molar-refractivity contribution < 1.29 is 13.9 Å². The monoisotopic (exact) mass is 375 g/mol. The Kier molecular flexibility index (Phi) is 6.68. The van der Waals surface area contributed by atoms with Crippen LogP contribution in [0.4, 0.5) is 0 Å². The number of fused-ring (bicyclic) bond motifs is 1. The number of ether oxygens (including phenoxy) is 1. The predicted octanol–water partition coefficient (Wildman–Crippen LogP) is 1.85. The molecule has 0 saturated carbocycles. The number of aromatic nitrogens is 1. The molecule has 1 aliphatic rings. The third-order valence-corrected chi connectivity index (χ3v) is 4.98. The molecule has 1 aliphatic heterocycles. The van der Waals surface area contributed by atoms with E-state index in [2.05, 4.69) is 24.1 Å². The second-order valence-electron chi connectivity index (χ2n) is 7.47. The number of benzene rings is 1. The number of hydrogen-bond acceptors (Lipinski definition) is 5. The molecule has 2 heterocycles. The smallest absolute Gasteiger partial charge is 0.408 e. The number of para-hydroxylation sites is 2. The van der Waals surface area contributed by atoms with Gasteiger partial charge in [0.1, 0.15) is 0 Å². The molecule has 1 aromatic heterocycles. The first-order chi connectivity index (χ1) is 13.0. The molecule has 0 bridgehead atoms. The number of nitrogens with one attached hydrogen (secondary N) is 1. The quantitative estimate of drug-likeness (QED) is 0.762. The Hall–Kier alpha value is -2.12. The van der Waals surface area contributed by atoms with E-state index in [0.717, 1.165) is 38.2 Å². The van der Waals surface area contributed by atoms with Gasteiger partial charge in [0.25, 0.3) is 0 Å². The number of rotatable bonds is 8. The summed E-state index contributed by atoms with van der Waals surface area (Å²) in [5.41, 5.74) is 1.27. The third kappa shape index (κ3) is 5.20. The molecule has 0 radical (unpaired) electrons. The van der Waals surface area contributed by atoms with Gasteiger partial charge in [0.05, 0.1) is 18.7 Å². The van der Waals surface area contributed by atoms with Gasteiger partial charge in [-0.25, -0.2) is 4.79 Å². The van der Waals surface area contributed by atoms with Gasteiger partial charge in [0, 0.05) is 38.6 Å². The van der Waals surface area contributed by atoms with Crippen LogP contribution in [0.15, 0.2) is 33.5 Å². The lowest BCUT2D eigenvalue weighted by atomic mass is 10.0. The van der Waals surface area contributed by atoms with Crippen molar-refractivity contribution in [2.75, 3.05) is 32.8 Å². The standard InChI is InChI=1S/C20H29N3O4/c1-15(2)13-16(22-9-11-26-12-10-22)14-21-19(24)7-8-23-17-5-3-4-6-18(17)27-20(23)25/h3-6,15-16H,7-14H2,1-2H3,(H,21,24). The molecule has 1 unspecified atom stereocenters. The van der Waals surface area contributed by atoms with E-state index in [9.17, 15) is 9.59 Å². The van der Waals surface area contributed by atoms with Gasteiger partial charge in [0.2, 0.25) is 5.91 Å². The topological polar surface area (TPSA) is 76.7 Å². The summed E-state index contributed by atoms with van der Waals surface area (Å²) < 4.78 is 12.2. The Morgan fingerprint density at radius 2 is 1.96 bits per heavy atom. The van der Waals surface area contributed by atoms with Gasteiger partial charge in [-0.05, 0) is 24.5 Å². The zero-order chi connectivity index (χ0) is 19.2. The van der Waals surface area contributed by atoms with Crippen LogP contribution in [0.25, 0.3) is 11.1 Å². The molecule has 1 aromatic carbocycles. The highest BCUT2D eigenvalue weighted by Crippen LogP contribution is 2.14. The summed E-state index contributed by atoms with van der Waals surface area (Å²) in [6.07, 6.45) is 1.28. The lowest BCUT2D eigenvalue weighted by molar-refractivity contribution is -0.121. The van der Waals surface area contributed by atoms with Gasteiger partial charge in [-0.2, -0.15) is 0 Å². The van der Waals surface area contributed by atoms with Crippen LogP contribution in [-0.4, -0.2) is 54.3 Å². The molecule has 0 aliphatic carbocycles. The maximum atomic E-state index is 12.4. The minimum atomic E-state index is -0.421. The van der Waals surface area contributed by atoms with Crippen LogP contribution < -0.4 is 11.1 Å². The summed E-state index contributed by atoms with van der Waals surface area (Å²) in [7, 11) is 0. The van der Waals surface area contributed by atoms with Gasteiger partial charge in [0.15, 0.2) is 5.58 Å². The molecular formula is C20H29N3O4. The van der Waals surface area contributed by atoms with Gasteiger partial charge in [-0.15, -0.1) is 0 Å². The normalized spacial score (nSPS) is 16.7. The van der Waals surface area contributed by atoms with Crippen LogP contribution in [0.5, 0.6) is 0 Å². The maximum absolute atomic E-state index is 12.4. The summed E-state index contributed by atoms with van der Waals surface area (Å²) in [5, 5.41) is 3.05. The SMILES string of the molecule is CC(C)CC(CNC(=O)CCn1c(=O)oc2ccccc21)N1CCOCC1. The first-order valence-corrected chi connectivity index (χ1v) is 9.71. The largest absolute Gasteiger partial charge is 0.419 e. The van der Waals surface area contributed by atoms with Crippen molar-refractivity contribution in [2.24, 2.45) is 5.92 Å². The van der Waals surface area contributed by atoms with Crippen LogP contribution in [0.3, 0.4) is 0 Å². The summed E-state index contributed by atoms with van der Waals surface area (Å²) in [4.78, 5) is 26.8. The van der Waals surface area contributed by atoms with Crippen LogP contribution >= 0.6 is 0 Å². The summed E-state index contributed by atoms with van der Waals surface area (Å²) in [6, 6.07) is 7.58. The zero-order valence-corrected chi connectivity index (χ0v) is 16.1. The molecule has 3 rings (SSSR count). The highest BCUT2D eigenvalue weighted by Gasteiger charge is 2.22. The summed E-state index contributed by atoms with van der Waals surface area (Å²) >= 11 is 0. The van der Waals surface area contributed by atoms with Crippen molar-refractivity contribution in [1.29, 1.82) is 0 Å². The van der Waals surface area contributed by atoms with E-state index in [1.807, 2.05) is 18.2 Å². The van der Waals surface area contributed by atoms with Crippen LogP contribution in [0.1, 0.15) is 26.7 Å². The van der Waals surface area contributed by atoms with E-state index < -0.39 is 5.76 Å². The number of nitrogens with zero attached hydrogens (tertiary/aromatic N) is 2. The Morgan fingerprint density at radius 3 is 2.70 bits per heavy atom. The van der Waals surface area contributed by atoms with Gasteiger partial charge in [-0.1, -0.05) is 26.0 Å². The molecule has 1 saturated heterocycles. The average molecular weight is 375 g/mol. The predicted molar refractivity (Wildman–Crippen MR) is 104 cm³/mol. The number of aryl methyl sites for hydroxylation is 1. The fraction of sp³-hybridized carbons (Fsp3) is 0.600. The first-order valence-electron chi connectivity index (χ1n) is 9.71. The zero-order valence-electron chi connectivity index (χ0n) is 16.1. The van der Waals surface area contributed by atoms with Crippen molar-refractivity contribution in [3.8, 4) is 0 Å². The molecule has 1 N–H and O–H groups in total. The van der Waals surface area contributed by atoms with Gasteiger partial charge in [-0.3, -0.25) is 14.3 Å². The van der Waals surface area contributed by atoms with E-state index in [-0.39, 0.29) is 12.3 Å². The molecule has 0 spiro atoms. The van der Waals surface area contributed by atoms with Gasteiger partial charge >= 0.3 is 5.76 Å². The fourth-order valence-electron chi connectivity index (χ4n) is 3.61. The van der Waals surface area contributed by atoms with E-state index in [4.69, 9.17) is 9.15 Å². The maximum Gasteiger partial charge on any atom is 0.419 e. The molecule has 1 amide bonds. The third-order valence-electron chi connectivity index (χ3n) is 4.98. The lowest BCUT2D eigenvalue weighted by Crippen LogP contribution is -2.49. The van der Waals surface area contributed by atoms with Crippen molar-refractivity contribution in [3.05, 3.63) is 34.8 Å². The Morgan fingerprint density at radius 1 is 1.22 bits per heavy atom. The highest BCUT2D eigenvalue weighted by atomic mass is 16.5. The molecule has 1 atom stereocenters. The van der Waals surface area contributed by atoms with Crippen LogP contribution in [-0.2, 0) is 16.1 Å². The molecule has 2 aromatic rings. The Bertz CT molecular complexity index is 805. The molecule has 27 heavy (non-hydrogen) atoms. The second-order valence-corrected chi connectivity index (χ2v) is 7.47. The van der Waals surface area contributed by atoms with E-state index in [1.165, 1.54) is 4.57 Å². The lowest BCUT2D eigenvalue weighted by Gasteiger charge is -2.35.